The SMILES string of the molecule is CCOC(=O)c1ncn(Cc2cc(Br)cs2)c1N. The largest absolute Gasteiger partial charge is 0.461 e. The molecule has 18 heavy (non-hydrogen) atoms. The maximum Gasteiger partial charge on any atom is 0.360 e. The van der Waals surface area contributed by atoms with Crippen molar-refractivity contribution in [1.29, 1.82) is 0 Å². The molecule has 2 N–H and O–H groups in total. The summed E-state index contributed by atoms with van der Waals surface area (Å²) in [7, 11) is 0. The van der Waals surface area contributed by atoms with Crippen molar-refractivity contribution in [1.82, 2.24) is 9.55 Å². The van der Waals surface area contributed by atoms with E-state index in [4.69, 9.17) is 10.5 Å². The van der Waals surface area contributed by atoms with Gasteiger partial charge in [-0.15, -0.1) is 11.3 Å². The number of esters is 1. The van der Waals surface area contributed by atoms with Crippen molar-refractivity contribution in [2.45, 2.75) is 13.5 Å². The highest BCUT2D eigenvalue weighted by atomic mass is 79.9. The second-order valence-electron chi connectivity index (χ2n) is 3.56. The monoisotopic (exact) mass is 329 g/mol. The first-order chi connectivity index (χ1) is 8.61. The van der Waals surface area contributed by atoms with Gasteiger partial charge < -0.3 is 15.0 Å². The zero-order chi connectivity index (χ0) is 13.1. The fourth-order valence-electron chi connectivity index (χ4n) is 1.48. The molecule has 0 unspecified atom stereocenters. The van der Waals surface area contributed by atoms with Crippen molar-refractivity contribution in [3.8, 4) is 0 Å². The van der Waals surface area contributed by atoms with Gasteiger partial charge in [-0.25, -0.2) is 9.78 Å². The average Bonchev–Trinajstić information content (AvgIpc) is 2.88. The molecule has 0 bridgehead atoms. The minimum atomic E-state index is -0.485. The highest BCUT2D eigenvalue weighted by Gasteiger charge is 2.17. The van der Waals surface area contributed by atoms with Crippen molar-refractivity contribution in [3.63, 3.8) is 0 Å². The number of ether oxygens (including phenoxy) is 1. The molecule has 0 saturated heterocycles. The second-order valence-corrected chi connectivity index (χ2v) is 5.47. The summed E-state index contributed by atoms with van der Waals surface area (Å²) < 4.78 is 7.64. The third-order valence-electron chi connectivity index (χ3n) is 2.29. The summed E-state index contributed by atoms with van der Waals surface area (Å²) in [5.41, 5.74) is 6.06. The van der Waals surface area contributed by atoms with Crippen LogP contribution in [-0.4, -0.2) is 22.1 Å². The van der Waals surface area contributed by atoms with Crippen LogP contribution in [0.25, 0.3) is 0 Å². The lowest BCUT2D eigenvalue weighted by molar-refractivity contribution is 0.0521. The predicted molar refractivity (Wildman–Crippen MR) is 73.7 cm³/mol. The van der Waals surface area contributed by atoms with Crippen LogP contribution in [0.3, 0.4) is 0 Å². The lowest BCUT2D eigenvalue weighted by atomic mass is 10.4. The molecular weight excluding hydrogens is 318 g/mol. The van der Waals surface area contributed by atoms with Crippen LogP contribution >= 0.6 is 27.3 Å². The standard InChI is InChI=1S/C11H12BrN3O2S/c1-2-17-11(16)9-10(13)15(6-14-9)4-8-3-7(12)5-18-8/h3,5-6H,2,4,13H2,1H3. The van der Waals surface area contributed by atoms with Gasteiger partial charge in [-0.1, -0.05) is 0 Å². The first-order valence-electron chi connectivity index (χ1n) is 5.32. The van der Waals surface area contributed by atoms with Crippen LogP contribution in [0.4, 0.5) is 5.82 Å². The molecule has 2 rings (SSSR count). The Morgan fingerprint density at radius 1 is 1.67 bits per heavy atom. The number of imidazole rings is 1. The molecule has 0 spiro atoms. The zero-order valence-corrected chi connectivity index (χ0v) is 12.1. The number of halogens is 1. The normalized spacial score (nSPS) is 10.6. The van der Waals surface area contributed by atoms with Gasteiger partial charge in [0.1, 0.15) is 5.82 Å². The van der Waals surface area contributed by atoms with E-state index in [0.29, 0.717) is 19.0 Å². The summed E-state index contributed by atoms with van der Waals surface area (Å²) >= 11 is 5.01. The van der Waals surface area contributed by atoms with Crippen molar-refractivity contribution < 1.29 is 9.53 Å². The molecule has 0 aliphatic rings. The van der Waals surface area contributed by atoms with Gasteiger partial charge >= 0.3 is 5.97 Å². The molecule has 0 aliphatic heterocycles. The predicted octanol–water partition coefficient (Wildman–Crippen LogP) is 2.51. The second kappa shape index (κ2) is 5.53. The molecule has 0 radical (unpaired) electrons. The van der Waals surface area contributed by atoms with Gasteiger partial charge in [-0.3, -0.25) is 0 Å². The number of carbonyl (C=O) groups excluding carboxylic acids is 1. The molecule has 0 aromatic carbocycles. The molecule has 0 saturated carbocycles. The summed E-state index contributed by atoms with van der Waals surface area (Å²) in [5.74, 6) is -0.154. The number of anilines is 1. The molecule has 5 nitrogen and oxygen atoms in total. The number of hydrogen-bond acceptors (Lipinski definition) is 5. The Kier molecular flexibility index (Phi) is 4.03. The number of nitrogens with two attached hydrogens (primary N) is 1. The summed E-state index contributed by atoms with van der Waals surface area (Å²) in [4.78, 5) is 16.7. The molecular formula is C11H12BrN3O2S. The first-order valence-corrected chi connectivity index (χ1v) is 6.99. The maximum absolute atomic E-state index is 11.6. The number of hydrogen-bond donors (Lipinski definition) is 1. The highest BCUT2D eigenvalue weighted by Crippen LogP contribution is 2.22. The fourth-order valence-corrected chi connectivity index (χ4v) is 2.93. The number of aromatic nitrogens is 2. The number of rotatable bonds is 4. The Balaban J connectivity index is 2.18. The summed E-state index contributed by atoms with van der Waals surface area (Å²) in [5, 5.41) is 1.99. The minimum absolute atomic E-state index is 0.174. The van der Waals surface area contributed by atoms with Gasteiger partial charge in [-0.2, -0.15) is 0 Å². The molecule has 7 heteroatoms. The van der Waals surface area contributed by atoms with E-state index in [2.05, 4.69) is 20.9 Å². The summed E-state index contributed by atoms with van der Waals surface area (Å²) in [6, 6.07) is 2.01. The molecule has 2 heterocycles. The molecule has 2 aromatic rings. The van der Waals surface area contributed by atoms with Crippen molar-refractivity contribution in [2.24, 2.45) is 0 Å². The van der Waals surface area contributed by atoms with Crippen LogP contribution in [0.15, 0.2) is 22.2 Å². The third-order valence-corrected chi connectivity index (χ3v) is 3.98. The van der Waals surface area contributed by atoms with Gasteiger partial charge in [0.25, 0.3) is 0 Å². The summed E-state index contributed by atoms with van der Waals surface area (Å²) in [6.45, 7) is 2.64. The molecule has 0 atom stereocenters. The van der Waals surface area contributed by atoms with Crippen LogP contribution < -0.4 is 5.73 Å². The maximum atomic E-state index is 11.6. The molecule has 96 valence electrons. The van der Waals surface area contributed by atoms with Gasteiger partial charge in [0, 0.05) is 14.7 Å². The van der Waals surface area contributed by atoms with Crippen LogP contribution in [0.5, 0.6) is 0 Å². The number of carbonyl (C=O) groups is 1. The number of nitrogens with zero attached hydrogens (tertiary/aromatic N) is 2. The van der Waals surface area contributed by atoms with E-state index in [9.17, 15) is 4.79 Å². The van der Waals surface area contributed by atoms with Crippen LogP contribution in [-0.2, 0) is 11.3 Å². The van der Waals surface area contributed by atoms with Gasteiger partial charge in [0.2, 0.25) is 0 Å². The van der Waals surface area contributed by atoms with E-state index in [0.717, 1.165) is 9.35 Å². The summed E-state index contributed by atoms with van der Waals surface area (Å²) in [6.07, 6.45) is 1.55. The van der Waals surface area contributed by atoms with Crippen molar-refractivity contribution >= 4 is 39.1 Å². The van der Waals surface area contributed by atoms with Crippen molar-refractivity contribution in [2.75, 3.05) is 12.3 Å². The Morgan fingerprint density at radius 3 is 3.06 bits per heavy atom. The molecule has 0 fully saturated rings. The molecule has 0 aliphatic carbocycles. The Bertz CT molecular complexity index is 564. The lowest BCUT2D eigenvalue weighted by Gasteiger charge is -2.03. The minimum Gasteiger partial charge on any atom is -0.461 e. The van der Waals surface area contributed by atoms with Gasteiger partial charge in [0.05, 0.1) is 19.5 Å². The van der Waals surface area contributed by atoms with E-state index in [1.807, 2.05) is 11.4 Å². The van der Waals surface area contributed by atoms with Crippen LogP contribution in [0.2, 0.25) is 0 Å². The third kappa shape index (κ3) is 2.73. The van der Waals surface area contributed by atoms with E-state index in [1.54, 1.807) is 29.2 Å². The average molecular weight is 330 g/mol. The van der Waals surface area contributed by atoms with Crippen LogP contribution in [0, 0.1) is 0 Å². The quantitative estimate of drug-likeness (QED) is 0.875. The van der Waals surface area contributed by atoms with Crippen LogP contribution in [0.1, 0.15) is 22.3 Å². The van der Waals surface area contributed by atoms with Crippen molar-refractivity contribution in [3.05, 3.63) is 32.8 Å². The smallest absolute Gasteiger partial charge is 0.360 e. The van der Waals surface area contributed by atoms with Gasteiger partial charge in [0.15, 0.2) is 5.69 Å². The molecule has 2 aromatic heterocycles. The fraction of sp³-hybridized carbons (Fsp3) is 0.273. The Hall–Kier alpha value is -1.34. The topological polar surface area (TPSA) is 70.1 Å². The van der Waals surface area contributed by atoms with E-state index < -0.39 is 5.97 Å². The molecule has 0 amide bonds. The lowest BCUT2D eigenvalue weighted by Crippen LogP contribution is -2.10. The van der Waals surface area contributed by atoms with Gasteiger partial charge in [-0.05, 0) is 28.9 Å². The van der Waals surface area contributed by atoms with E-state index >= 15 is 0 Å². The van der Waals surface area contributed by atoms with E-state index in [1.165, 1.54) is 0 Å². The Labute approximate surface area is 117 Å². The Morgan fingerprint density at radius 2 is 2.44 bits per heavy atom. The number of nitrogen functional groups attached to an aromatic ring is 1. The highest BCUT2D eigenvalue weighted by molar-refractivity contribution is 9.10. The first kappa shape index (κ1) is 13.1. The number of thiophene rings is 1. The zero-order valence-electron chi connectivity index (χ0n) is 9.72. The van der Waals surface area contributed by atoms with E-state index in [-0.39, 0.29) is 5.69 Å².